The van der Waals surface area contributed by atoms with Crippen LogP contribution in [0.1, 0.15) is 29.6 Å². The number of ketones is 2. The van der Waals surface area contributed by atoms with Gasteiger partial charge in [0.15, 0.2) is 0 Å². The molecule has 0 unspecified atom stereocenters. The Morgan fingerprint density at radius 3 is 2.56 bits per heavy atom. The Labute approximate surface area is 92.9 Å². The van der Waals surface area contributed by atoms with E-state index >= 15 is 0 Å². The minimum absolute atomic E-state index is 0.0126. The van der Waals surface area contributed by atoms with Gasteiger partial charge in [0.2, 0.25) is 11.6 Å². The lowest BCUT2D eigenvalue weighted by Crippen LogP contribution is -2.14. The van der Waals surface area contributed by atoms with Gasteiger partial charge in [0.1, 0.15) is 12.0 Å². The summed E-state index contributed by atoms with van der Waals surface area (Å²) in [6, 6.07) is 5.90. The summed E-state index contributed by atoms with van der Waals surface area (Å²) in [4.78, 5) is 33.0. The molecule has 0 aliphatic heterocycles. The Morgan fingerprint density at radius 2 is 1.94 bits per heavy atom. The molecule has 1 rings (SSSR count). The highest BCUT2D eigenvalue weighted by molar-refractivity contribution is 6.44. The second kappa shape index (κ2) is 5.80. The van der Waals surface area contributed by atoms with Crippen molar-refractivity contribution in [3.8, 4) is 5.75 Å². The SMILES string of the molecule is O=CCCCC(=O)C(=O)c1ccccc1O. The highest BCUT2D eigenvalue weighted by Crippen LogP contribution is 2.17. The minimum atomic E-state index is -0.705. The van der Waals surface area contributed by atoms with Crippen LogP contribution in [0.5, 0.6) is 5.75 Å². The molecule has 16 heavy (non-hydrogen) atoms. The normalized spacial score (nSPS) is 9.75. The molecule has 0 atom stereocenters. The Morgan fingerprint density at radius 1 is 1.25 bits per heavy atom. The second-order valence-corrected chi connectivity index (χ2v) is 3.33. The van der Waals surface area contributed by atoms with Gasteiger partial charge in [-0.05, 0) is 18.6 Å². The van der Waals surface area contributed by atoms with E-state index in [1.54, 1.807) is 12.1 Å². The average molecular weight is 220 g/mol. The Bertz CT molecular complexity index is 409. The molecular weight excluding hydrogens is 208 g/mol. The molecule has 0 aliphatic rings. The molecule has 1 aromatic rings. The molecule has 0 aliphatic carbocycles. The highest BCUT2D eigenvalue weighted by Gasteiger charge is 2.18. The van der Waals surface area contributed by atoms with Gasteiger partial charge >= 0.3 is 0 Å². The predicted octanol–water partition coefficient (Wildman–Crippen LogP) is 1.51. The predicted molar refractivity (Wildman–Crippen MR) is 57.4 cm³/mol. The summed E-state index contributed by atoms with van der Waals surface area (Å²) in [7, 11) is 0. The van der Waals surface area contributed by atoms with Gasteiger partial charge in [0, 0.05) is 12.8 Å². The van der Waals surface area contributed by atoms with Gasteiger partial charge in [-0.2, -0.15) is 0 Å². The fourth-order valence-electron chi connectivity index (χ4n) is 1.28. The molecule has 0 spiro atoms. The molecule has 0 fully saturated rings. The second-order valence-electron chi connectivity index (χ2n) is 3.33. The van der Waals surface area contributed by atoms with Gasteiger partial charge in [-0.25, -0.2) is 0 Å². The third-order valence-electron chi connectivity index (χ3n) is 2.13. The van der Waals surface area contributed by atoms with Gasteiger partial charge in [0.25, 0.3) is 0 Å². The fourth-order valence-corrected chi connectivity index (χ4v) is 1.28. The van der Waals surface area contributed by atoms with Crippen LogP contribution in [0.3, 0.4) is 0 Å². The molecule has 4 nitrogen and oxygen atoms in total. The maximum absolute atomic E-state index is 11.6. The standard InChI is InChI=1S/C12H12O4/c13-8-4-3-7-11(15)12(16)9-5-1-2-6-10(9)14/h1-2,5-6,8,14H,3-4,7H2. The van der Waals surface area contributed by atoms with Crippen molar-refractivity contribution in [3.05, 3.63) is 29.8 Å². The van der Waals surface area contributed by atoms with Gasteiger partial charge in [0.05, 0.1) is 5.56 Å². The third-order valence-corrected chi connectivity index (χ3v) is 2.13. The van der Waals surface area contributed by atoms with Crippen molar-refractivity contribution in [2.24, 2.45) is 0 Å². The first-order valence-electron chi connectivity index (χ1n) is 4.96. The van der Waals surface area contributed by atoms with Crippen LogP contribution < -0.4 is 0 Å². The number of hydrogen-bond acceptors (Lipinski definition) is 4. The van der Waals surface area contributed by atoms with Crippen LogP contribution in [0.2, 0.25) is 0 Å². The number of aldehydes is 1. The lowest BCUT2D eigenvalue weighted by Gasteiger charge is -2.01. The largest absolute Gasteiger partial charge is 0.507 e. The molecule has 0 heterocycles. The molecule has 1 aromatic carbocycles. The number of carbonyl (C=O) groups is 3. The summed E-state index contributed by atoms with van der Waals surface area (Å²) in [5.74, 6) is -1.48. The van der Waals surface area contributed by atoms with Crippen LogP contribution in [0.15, 0.2) is 24.3 Å². The number of rotatable bonds is 6. The Hall–Kier alpha value is -1.97. The van der Waals surface area contributed by atoms with Crippen molar-refractivity contribution in [1.29, 1.82) is 0 Å². The van der Waals surface area contributed by atoms with Crippen LogP contribution in [0.4, 0.5) is 0 Å². The number of Topliss-reactive ketones (excluding diaryl/α,β-unsaturated/α-hetero) is 2. The van der Waals surface area contributed by atoms with Crippen LogP contribution >= 0.6 is 0 Å². The van der Waals surface area contributed by atoms with Crippen LogP contribution in [-0.4, -0.2) is 23.0 Å². The zero-order valence-corrected chi connectivity index (χ0v) is 8.68. The van der Waals surface area contributed by atoms with Crippen molar-refractivity contribution in [1.82, 2.24) is 0 Å². The first kappa shape index (κ1) is 12.1. The van der Waals surface area contributed by atoms with Crippen LogP contribution in [0, 0.1) is 0 Å². The topological polar surface area (TPSA) is 71.4 Å². The molecule has 4 heteroatoms. The van der Waals surface area contributed by atoms with Gasteiger partial charge in [-0.3, -0.25) is 9.59 Å². The van der Waals surface area contributed by atoms with E-state index in [4.69, 9.17) is 0 Å². The van der Waals surface area contributed by atoms with Gasteiger partial charge in [-0.15, -0.1) is 0 Å². The monoisotopic (exact) mass is 220 g/mol. The zero-order chi connectivity index (χ0) is 12.0. The number of phenolic OH excluding ortho intramolecular Hbond substituents is 1. The number of aromatic hydroxyl groups is 1. The number of carbonyl (C=O) groups excluding carboxylic acids is 3. The van der Waals surface area contributed by atoms with E-state index < -0.39 is 11.6 Å². The van der Waals surface area contributed by atoms with Crippen molar-refractivity contribution < 1.29 is 19.5 Å². The van der Waals surface area contributed by atoms with E-state index in [-0.39, 0.29) is 24.2 Å². The summed E-state index contributed by atoms with van der Waals surface area (Å²) in [5, 5.41) is 9.37. The first-order valence-corrected chi connectivity index (χ1v) is 4.96. The average Bonchev–Trinajstić information content (AvgIpc) is 2.29. The van der Waals surface area contributed by atoms with E-state index in [2.05, 4.69) is 0 Å². The zero-order valence-electron chi connectivity index (χ0n) is 8.68. The van der Waals surface area contributed by atoms with Crippen molar-refractivity contribution in [3.63, 3.8) is 0 Å². The molecule has 1 N–H and O–H groups in total. The lowest BCUT2D eigenvalue weighted by atomic mass is 10.0. The van der Waals surface area contributed by atoms with Crippen LogP contribution in [0.25, 0.3) is 0 Å². The molecule has 0 amide bonds. The quantitative estimate of drug-likeness (QED) is 0.341. The number of phenols is 1. The van der Waals surface area contributed by atoms with E-state index in [1.165, 1.54) is 12.1 Å². The summed E-state index contributed by atoms with van der Waals surface area (Å²) >= 11 is 0. The third kappa shape index (κ3) is 3.02. The first-order chi connectivity index (χ1) is 7.66. The van der Waals surface area contributed by atoms with Crippen molar-refractivity contribution in [2.75, 3.05) is 0 Å². The fraction of sp³-hybridized carbons (Fsp3) is 0.250. The molecular formula is C12H12O4. The van der Waals surface area contributed by atoms with E-state index in [0.717, 1.165) is 0 Å². The molecule has 0 saturated carbocycles. The van der Waals surface area contributed by atoms with E-state index in [9.17, 15) is 19.5 Å². The van der Waals surface area contributed by atoms with Gasteiger partial charge in [-0.1, -0.05) is 12.1 Å². The van der Waals surface area contributed by atoms with E-state index in [1.807, 2.05) is 0 Å². The van der Waals surface area contributed by atoms with Crippen molar-refractivity contribution >= 4 is 17.9 Å². The van der Waals surface area contributed by atoms with Crippen molar-refractivity contribution in [2.45, 2.75) is 19.3 Å². The number of para-hydroxylation sites is 1. The highest BCUT2D eigenvalue weighted by atomic mass is 16.3. The summed E-state index contributed by atoms with van der Waals surface area (Å²) in [6.07, 6.45) is 1.37. The molecule has 0 radical (unpaired) electrons. The molecule has 84 valence electrons. The maximum Gasteiger partial charge on any atom is 0.232 e. The maximum atomic E-state index is 11.6. The number of benzene rings is 1. The minimum Gasteiger partial charge on any atom is -0.507 e. The molecule has 0 bridgehead atoms. The number of hydrogen-bond donors (Lipinski definition) is 1. The summed E-state index contributed by atoms with van der Waals surface area (Å²) in [6.45, 7) is 0. The summed E-state index contributed by atoms with van der Waals surface area (Å²) in [5.41, 5.74) is 0.0126. The molecule has 0 saturated heterocycles. The Balaban J connectivity index is 2.67. The smallest absolute Gasteiger partial charge is 0.232 e. The number of unbranched alkanes of at least 4 members (excludes halogenated alkanes) is 1. The van der Waals surface area contributed by atoms with Gasteiger partial charge < -0.3 is 9.90 Å². The van der Waals surface area contributed by atoms with Crippen LogP contribution in [-0.2, 0) is 9.59 Å². The summed E-state index contributed by atoms with van der Waals surface area (Å²) < 4.78 is 0. The lowest BCUT2D eigenvalue weighted by molar-refractivity contribution is -0.115. The molecule has 0 aromatic heterocycles. The Kier molecular flexibility index (Phi) is 4.39. The van der Waals surface area contributed by atoms with E-state index in [0.29, 0.717) is 12.7 Å².